The molecule has 0 fully saturated rings. The Morgan fingerprint density at radius 2 is 1.80 bits per heavy atom. The molecule has 0 spiro atoms. The first kappa shape index (κ1) is 17.1. The maximum atomic E-state index is 12.2. The summed E-state index contributed by atoms with van der Waals surface area (Å²) in [5.74, 6) is 7.00. The number of nitrogens with one attached hydrogen (secondary N) is 1. The fraction of sp³-hybridized carbons (Fsp3) is 0.318. The number of hydrogen-bond acceptors (Lipinski definition) is 2. The summed E-state index contributed by atoms with van der Waals surface area (Å²) in [4.78, 5) is 12.2. The molecule has 3 nitrogen and oxygen atoms in total. The Morgan fingerprint density at radius 1 is 1.12 bits per heavy atom. The minimum Gasteiger partial charge on any atom is -0.441 e. The van der Waals surface area contributed by atoms with Crippen LogP contribution in [0.5, 0.6) is 0 Å². The maximum absolute atomic E-state index is 12.2. The lowest BCUT2D eigenvalue weighted by Crippen LogP contribution is -2.28. The van der Waals surface area contributed by atoms with Crippen LogP contribution in [-0.2, 0) is 11.2 Å². The Labute approximate surface area is 149 Å². The minimum atomic E-state index is -0.369. The fourth-order valence-electron chi connectivity index (χ4n) is 2.90. The van der Waals surface area contributed by atoms with Crippen LogP contribution in [0.2, 0.25) is 0 Å². The average molecular weight is 333 g/mol. The van der Waals surface area contributed by atoms with Gasteiger partial charge in [-0.1, -0.05) is 62.1 Å². The Morgan fingerprint density at radius 3 is 2.60 bits per heavy atom. The zero-order chi connectivity index (χ0) is 17.6. The first-order chi connectivity index (χ1) is 12.1. The zero-order valence-electron chi connectivity index (χ0n) is 14.7. The molecule has 1 aliphatic rings. The van der Waals surface area contributed by atoms with Gasteiger partial charge in [-0.2, -0.15) is 0 Å². The number of benzene rings is 2. The summed E-state index contributed by atoms with van der Waals surface area (Å²) >= 11 is 0. The molecule has 2 aromatic carbocycles. The lowest BCUT2D eigenvalue weighted by Gasteiger charge is -2.22. The minimum absolute atomic E-state index is 0.342. The standard InChI is InChI=1S/C22H23NO2/c1-16(2)13-14-23-22(24)25-21-15-19-9-4-3-7-17(19)11-12-18-8-5-6-10-20(18)21/h3-10,16,21H,13-15H2,1-2H3,(H,23,24). The summed E-state index contributed by atoms with van der Waals surface area (Å²) in [6.07, 6.45) is 0.849. The van der Waals surface area contributed by atoms with E-state index in [1.807, 2.05) is 48.5 Å². The number of fused-ring (bicyclic) bond motifs is 2. The highest BCUT2D eigenvalue weighted by Crippen LogP contribution is 2.28. The topological polar surface area (TPSA) is 38.3 Å². The van der Waals surface area contributed by atoms with Crippen molar-refractivity contribution in [1.82, 2.24) is 5.32 Å². The van der Waals surface area contributed by atoms with Crippen LogP contribution in [0.1, 0.15) is 48.6 Å². The van der Waals surface area contributed by atoms with Crippen LogP contribution in [0.3, 0.4) is 0 Å². The predicted octanol–water partition coefficient (Wildman–Crippen LogP) is 4.46. The maximum Gasteiger partial charge on any atom is 0.407 e. The third-order valence-electron chi connectivity index (χ3n) is 4.30. The molecule has 0 saturated carbocycles. The van der Waals surface area contributed by atoms with E-state index in [-0.39, 0.29) is 12.2 Å². The van der Waals surface area contributed by atoms with E-state index in [1.165, 1.54) is 0 Å². The molecule has 0 bridgehead atoms. The van der Waals surface area contributed by atoms with Gasteiger partial charge in [-0.25, -0.2) is 4.79 Å². The summed E-state index contributed by atoms with van der Waals surface area (Å²) in [5.41, 5.74) is 3.97. The second-order valence-electron chi connectivity index (χ2n) is 6.70. The van der Waals surface area contributed by atoms with Gasteiger partial charge in [0.1, 0.15) is 6.10 Å². The molecule has 1 N–H and O–H groups in total. The van der Waals surface area contributed by atoms with Crippen LogP contribution in [0.15, 0.2) is 48.5 Å². The van der Waals surface area contributed by atoms with Crippen LogP contribution < -0.4 is 5.32 Å². The lowest BCUT2D eigenvalue weighted by atomic mass is 9.92. The molecule has 1 aliphatic carbocycles. The third-order valence-corrected chi connectivity index (χ3v) is 4.30. The Balaban J connectivity index is 1.83. The Kier molecular flexibility index (Phi) is 5.40. The van der Waals surface area contributed by atoms with Crippen LogP contribution in [0.4, 0.5) is 4.79 Å². The van der Waals surface area contributed by atoms with Crippen LogP contribution in [0, 0.1) is 17.8 Å². The molecule has 3 heteroatoms. The van der Waals surface area contributed by atoms with E-state index in [2.05, 4.69) is 31.0 Å². The molecule has 0 aliphatic heterocycles. The Hall–Kier alpha value is -2.73. The number of hydrogen-bond donors (Lipinski definition) is 1. The van der Waals surface area contributed by atoms with Crippen molar-refractivity contribution in [3.63, 3.8) is 0 Å². The highest BCUT2D eigenvalue weighted by atomic mass is 16.6. The van der Waals surface area contributed by atoms with Crippen molar-refractivity contribution in [3.05, 3.63) is 70.8 Å². The van der Waals surface area contributed by atoms with Gasteiger partial charge in [0.2, 0.25) is 0 Å². The van der Waals surface area contributed by atoms with Gasteiger partial charge >= 0.3 is 6.09 Å². The van der Waals surface area contributed by atoms with Crippen molar-refractivity contribution in [2.45, 2.75) is 32.8 Å². The second kappa shape index (κ2) is 7.90. The molecular weight excluding hydrogens is 310 g/mol. The number of carbonyl (C=O) groups is 1. The average Bonchev–Trinajstić information content (AvgIpc) is 2.59. The third kappa shape index (κ3) is 4.42. The number of ether oxygens (including phenoxy) is 1. The van der Waals surface area contributed by atoms with E-state index < -0.39 is 0 Å². The molecule has 0 radical (unpaired) electrons. The van der Waals surface area contributed by atoms with E-state index in [0.29, 0.717) is 18.9 Å². The van der Waals surface area contributed by atoms with Gasteiger partial charge < -0.3 is 10.1 Å². The number of rotatable bonds is 4. The first-order valence-electron chi connectivity index (χ1n) is 8.77. The molecule has 0 heterocycles. The molecule has 1 atom stereocenters. The van der Waals surface area contributed by atoms with Crippen molar-refractivity contribution >= 4 is 6.09 Å². The largest absolute Gasteiger partial charge is 0.441 e. The van der Waals surface area contributed by atoms with E-state index in [0.717, 1.165) is 28.7 Å². The van der Waals surface area contributed by atoms with Crippen LogP contribution in [-0.4, -0.2) is 12.6 Å². The quantitative estimate of drug-likeness (QED) is 0.839. The van der Waals surface area contributed by atoms with Gasteiger partial charge in [-0.3, -0.25) is 0 Å². The second-order valence-corrected chi connectivity index (χ2v) is 6.70. The van der Waals surface area contributed by atoms with Crippen molar-refractivity contribution < 1.29 is 9.53 Å². The van der Waals surface area contributed by atoms with Gasteiger partial charge in [0.15, 0.2) is 0 Å². The summed E-state index contributed by atoms with van der Waals surface area (Å²) < 4.78 is 5.77. The van der Waals surface area contributed by atoms with Crippen LogP contribution in [0.25, 0.3) is 0 Å². The van der Waals surface area contributed by atoms with Crippen molar-refractivity contribution in [1.29, 1.82) is 0 Å². The Bertz CT molecular complexity index is 814. The number of alkyl carbamates (subject to hydrolysis) is 1. The van der Waals surface area contributed by atoms with Gasteiger partial charge in [0, 0.05) is 29.7 Å². The molecular formula is C22H23NO2. The summed E-state index contributed by atoms with van der Waals surface area (Å²) in [5, 5.41) is 2.85. The van der Waals surface area contributed by atoms with E-state index in [4.69, 9.17) is 4.74 Å². The van der Waals surface area contributed by atoms with Gasteiger partial charge in [0.05, 0.1) is 0 Å². The predicted molar refractivity (Wildman–Crippen MR) is 99.2 cm³/mol. The van der Waals surface area contributed by atoms with E-state index in [1.54, 1.807) is 0 Å². The van der Waals surface area contributed by atoms with Crippen molar-refractivity contribution in [2.24, 2.45) is 5.92 Å². The van der Waals surface area contributed by atoms with Crippen molar-refractivity contribution in [2.75, 3.05) is 6.54 Å². The first-order valence-corrected chi connectivity index (χ1v) is 8.77. The van der Waals surface area contributed by atoms with E-state index >= 15 is 0 Å². The molecule has 0 saturated heterocycles. The lowest BCUT2D eigenvalue weighted by molar-refractivity contribution is 0.0970. The normalized spacial score (nSPS) is 15.1. The van der Waals surface area contributed by atoms with E-state index in [9.17, 15) is 4.79 Å². The number of carbonyl (C=O) groups excluding carboxylic acids is 1. The summed E-state index contributed by atoms with van der Waals surface area (Å²) in [6, 6.07) is 15.9. The number of amides is 1. The fourth-order valence-corrected chi connectivity index (χ4v) is 2.90. The molecule has 0 aromatic heterocycles. The van der Waals surface area contributed by atoms with Gasteiger partial charge in [-0.05, 0) is 30.0 Å². The monoisotopic (exact) mass is 333 g/mol. The highest BCUT2D eigenvalue weighted by molar-refractivity contribution is 5.68. The van der Waals surface area contributed by atoms with Crippen molar-refractivity contribution in [3.8, 4) is 11.8 Å². The SMILES string of the molecule is CC(C)CCNC(=O)OC1Cc2ccccc2C#Cc2ccccc21. The molecule has 1 amide bonds. The summed E-state index contributed by atoms with van der Waals surface area (Å²) in [6.45, 7) is 4.89. The molecule has 128 valence electrons. The molecule has 2 aromatic rings. The van der Waals surface area contributed by atoms with Crippen LogP contribution >= 0.6 is 0 Å². The highest BCUT2D eigenvalue weighted by Gasteiger charge is 2.22. The zero-order valence-corrected chi connectivity index (χ0v) is 14.7. The summed E-state index contributed by atoms with van der Waals surface area (Å²) in [7, 11) is 0. The molecule has 1 unspecified atom stereocenters. The van der Waals surface area contributed by atoms with Gasteiger partial charge in [-0.15, -0.1) is 0 Å². The molecule has 25 heavy (non-hydrogen) atoms. The smallest absolute Gasteiger partial charge is 0.407 e. The molecule has 3 rings (SSSR count). The van der Waals surface area contributed by atoms with Gasteiger partial charge in [0.25, 0.3) is 0 Å².